The maximum atomic E-state index is 5.37. The Labute approximate surface area is 103 Å². The fourth-order valence-electron chi connectivity index (χ4n) is 2.00. The van der Waals surface area contributed by atoms with E-state index >= 15 is 0 Å². The first-order valence-corrected chi connectivity index (χ1v) is 7.27. The molecule has 1 saturated heterocycles. The van der Waals surface area contributed by atoms with Gasteiger partial charge in [-0.3, -0.25) is 4.90 Å². The Kier molecular flexibility index (Phi) is 5.94. The van der Waals surface area contributed by atoms with Crippen LogP contribution in [0.5, 0.6) is 0 Å². The van der Waals surface area contributed by atoms with Crippen molar-refractivity contribution in [1.29, 1.82) is 0 Å². The van der Waals surface area contributed by atoms with Crippen LogP contribution in [0.2, 0.25) is 0 Å². The average molecular weight is 246 g/mol. The van der Waals surface area contributed by atoms with Gasteiger partial charge in [-0.1, -0.05) is 37.8 Å². The minimum atomic E-state index is 0.479. The molecule has 0 aromatic heterocycles. The van der Waals surface area contributed by atoms with E-state index in [1.165, 1.54) is 25.9 Å². The van der Waals surface area contributed by atoms with Gasteiger partial charge in [0.25, 0.3) is 0 Å². The van der Waals surface area contributed by atoms with Gasteiger partial charge >= 0.3 is 0 Å². The van der Waals surface area contributed by atoms with Gasteiger partial charge in [0.15, 0.2) is 0 Å². The summed E-state index contributed by atoms with van der Waals surface area (Å²) in [5, 5.41) is 0. The fraction of sp³-hybridized carbons (Fsp3) is 0.909. The molecule has 4 heteroatoms. The standard InChI is InChI=1S/C11H22N2S2/c1-4-6-12(7-5-2)10(3)13-8-9-15-11(13)14/h10H,4-9H2,1-3H3. The Balaban J connectivity index is 2.53. The zero-order valence-electron chi connectivity index (χ0n) is 10.0. The maximum Gasteiger partial charge on any atom is 0.137 e. The van der Waals surface area contributed by atoms with Gasteiger partial charge in [0.05, 0.1) is 6.17 Å². The number of thiocarbonyl (C=S) groups is 1. The number of nitrogens with zero attached hydrogens (tertiary/aromatic N) is 2. The van der Waals surface area contributed by atoms with Gasteiger partial charge in [0.1, 0.15) is 4.32 Å². The van der Waals surface area contributed by atoms with E-state index in [-0.39, 0.29) is 0 Å². The summed E-state index contributed by atoms with van der Waals surface area (Å²) < 4.78 is 1.08. The van der Waals surface area contributed by atoms with Crippen LogP contribution < -0.4 is 0 Å². The summed E-state index contributed by atoms with van der Waals surface area (Å²) in [6, 6.07) is 0. The first kappa shape index (κ1) is 13.3. The molecular weight excluding hydrogens is 224 g/mol. The van der Waals surface area contributed by atoms with E-state index in [2.05, 4.69) is 30.6 Å². The highest BCUT2D eigenvalue weighted by Gasteiger charge is 2.26. The Morgan fingerprint density at radius 2 is 2.00 bits per heavy atom. The summed E-state index contributed by atoms with van der Waals surface area (Å²) in [5.74, 6) is 1.16. The van der Waals surface area contributed by atoms with E-state index in [9.17, 15) is 0 Å². The predicted octanol–water partition coefficient (Wildman–Crippen LogP) is 2.79. The Bertz CT molecular complexity index is 203. The lowest BCUT2D eigenvalue weighted by molar-refractivity contribution is 0.115. The molecule has 88 valence electrons. The van der Waals surface area contributed by atoms with Gasteiger partial charge in [-0.2, -0.15) is 0 Å². The van der Waals surface area contributed by atoms with Crippen LogP contribution in [0.25, 0.3) is 0 Å². The topological polar surface area (TPSA) is 6.48 Å². The minimum Gasteiger partial charge on any atom is -0.341 e. The lowest BCUT2D eigenvalue weighted by atomic mass is 10.3. The van der Waals surface area contributed by atoms with Crippen molar-refractivity contribution >= 4 is 28.3 Å². The quantitative estimate of drug-likeness (QED) is 0.665. The highest BCUT2D eigenvalue weighted by Crippen LogP contribution is 2.22. The largest absolute Gasteiger partial charge is 0.341 e. The fourth-order valence-corrected chi connectivity index (χ4v) is 3.37. The highest BCUT2D eigenvalue weighted by molar-refractivity contribution is 8.23. The molecule has 0 saturated carbocycles. The lowest BCUT2D eigenvalue weighted by Gasteiger charge is -2.35. The van der Waals surface area contributed by atoms with Crippen LogP contribution in [-0.2, 0) is 0 Å². The smallest absolute Gasteiger partial charge is 0.137 e. The van der Waals surface area contributed by atoms with Crippen LogP contribution in [-0.4, -0.2) is 45.7 Å². The molecule has 1 heterocycles. The molecular formula is C11H22N2S2. The Hall–Kier alpha value is 0.200. The molecule has 0 radical (unpaired) electrons. The van der Waals surface area contributed by atoms with E-state index < -0.39 is 0 Å². The average Bonchev–Trinajstić information content (AvgIpc) is 2.63. The maximum absolute atomic E-state index is 5.37. The first-order chi connectivity index (χ1) is 7.20. The van der Waals surface area contributed by atoms with Gasteiger partial charge < -0.3 is 4.90 Å². The van der Waals surface area contributed by atoms with Crippen LogP contribution in [0.15, 0.2) is 0 Å². The molecule has 15 heavy (non-hydrogen) atoms. The van der Waals surface area contributed by atoms with Crippen LogP contribution in [0, 0.1) is 0 Å². The molecule has 0 spiro atoms. The number of hydrogen-bond acceptors (Lipinski definition) is 3. The summed E-state index contributed by atoms with van der Waals surface area (Å²) in [7, 11) is 0. The molecule has 1 rings (SSSR count). The van der Waals surface area contributed by atoms with Crippen molar-refractivity contribution in [1.82, 2.24) is 9.80 Å². The predicted molar refractivity (Wildman–Crippen MR) is 73.4 cm³/mol. The molecule has 0 aromatic rings. The molecule has 1 aliphatic heterocycles. The van der Waals surface area contributed by atoms with Gasteiger partial charge in [0, 0.05) is 12.3 Å². The van der Waals surface area contributed by atoms with E-state index in [0.29, 0.717) is 6.17 Å². The third kappa shape index (κ3) is 3.61. The van der Waals surface area contributed by atoms with Crippen molar-refractivity contribution in [2.45, 2.75) is 39.8 Å². The van der Waals surface area contributed by atoms with Gasteiger partial charge in [-0.25, -0.2) is 0 Å². The third-order valence-electron chi connectivity index (χ3n) is 2.79. The number of hydrogen-bond donors (Lipinski definition) is 0. The van der Waals surface area contributed by atoms with Gasteiger partial charge in [-0.05, 0) is 32.9 Å². The molecule has 1 atom stereocenters. The monoisotopic (exact) mass is 246 g/mol. The minimum absolute atomic E-state index is 0.479. The summed E-state index contributed by atoms with van der Waals surface area (Å²) in [6.45, 7) is 10.2. The van der Waals surface area contributed by atoms with E-state index in [4.69, 9.17) is 12.2 Å². The van der Waals surface area contributed by atoms with E-state index in [1.54, 1.807) is 0 Å². The molecule has 0 bridgehead atoms. The lowest BCUT2D eigenvalue weighted by Crippen LogP contribution is -2.47. The second-order valence-corrected chi connectivity index (χ2v) is 5.70. The number of thioether (sulfide) groups is 1. The van der Waals surface area contributed by atoms with Crippen molar-refractivity contribution in [3.05, 3.63) is 0 Å². The summed E-state index contributed by atoms with van der Waals surface area (Å²) in [4.78, 5) is 4.91. The van der Waals surface area contributed by atoms with Crippen molar-refractivity contribution in [3.63, 3.8) is 0 Å². The molecule has 1 fully saturated rings. The first-order valence-electron chi connectivity index (χ1n) is 5.88. The zero-order chi connectivity index (χ0) is 11.3. The second-order valence-electron chi connectivity index (χ2n) is 3.98. The van der Waals surface area contributed by atoms with Crippen LogP contribution in [0.1, 0.15) is 33.6 Å². The Morgan fingerprint density at radius 1 is 1.40 bits per heavy atom. The van der Waals surface area contributed by atoms with Gasteiger partial charge in [-0.15, -0.1) is 0 Å². The SMILES string of the molecule is CCCN(CCC)C(C)N1CCSC1=S. The molecule has 0 N–H and O–H groups in total. The highest BCUT2D eigenvalue weighted by atomic mass is 32.2. The van der Waals surface area contributed by atoms with E-state index in [1.807, 2.05) is 11.8 Å². The molecule has 1 unspecified atom stereocenters. The van der Waals surface area contributed by atoms with Crippen molar-refractivity contribution in [3.8, 4) is 0 Å². The summed E-state index contributed by atoms with van der Waals surface area (Å²) in [5.41, 5.74) is 0. The molecule has 2 nitrogen and oxygen atoms in total. The van der Waals surface area contributed by atoms with Crippen LogP contribution in [0.4, 0.5) is 0 Å². The Morgan fingerprint density at radius 3 is 2.40 bits per heavy atom. The normalized spacial score (nSPS) is 18.9. The van der Waals surface area contributed by atoms with E-state index in [0.717, 1.165) is 16.6 Å². The summed E-state index contributed by atoms with van der Waals surface area (Å²) >= 11 is 7.18. The molecule has 0 amide bonds. The van der Waals surface area contributed by atoms with Crippen LogP contribution >= 0.6 is 24.0 Å². The van der Waals surface area contributed by atoms with Crippen LogP contribution in [0.3, 0.4) is 0 Å². The van der Waals surface area contributed by atoms with Gasteiger partial charge in [0.2, 0.25) is 0 Å². The molecule has 1 aliphatic rings. The van der Waals surface area contributed by atoms with Crippen molar-refractivity contribution < 1.29 is 0 Å². The molecule has 0 aromatic carbocycles. The zero-order valence-corrected chi connectivity index (χ0v) is 11.7. The second kappa shape index (κ2) is 6.71. The van der Waals surface area contributed by atoms with Crippen molar-refractivity contribution in [2.75, 3.05) is 25.4 Å². The van der Waals surface area contributed by atoms with Crippen molar-refractivity contribution in [2.24, 2.45) is 0 Å². The number of rotatable bonds is 6. The summed E-state index contributed by atoms with van der Waals surface area (Å²) in [6.07, 6.45) is 2.92. The third-order valence-corrected chi connectivity index (χ3v) is 4.25. The molecule has 0 aliphatic carbocycles.